The Morgan fingerprint density at radius 3 is 2.38 bits per heavy atom. The monoisotopic (exact) mass is 179 g/mol. The predicted molar refractivity (Wildman–Crippen MR) is 59.3 cm³/mol. The van der Waals surface area contributed by atoms with Gasteiger partial charge in [0.1, 0.15) is 0 Å². The van der Waals surface area contributed by atoms with Gasteiger partial charge in [-0.2, -0.15) is 0 Å². The van der Waals surface area contributed by atoms with Crippen molar-refractivity contribution < 1.29 is 0 Å². The van der Waals surface area contributed by atoms with Crippen LogP contribution in [0.15, 0.2) is 17.1 Å². The molecule has 0 spiro atoms. The Balaban J connectivity index is 2.91. The average Bonchev–Trinajstić information content (AvgIpc) is 1.96. The topological polar surface area (TPSA) is 12.4 Å². The third-order valence-corrected chi connectivity index (χ3v) is 2.45. The molecule has 0 bridgehead atoms. The van der Waals surface area contributed by atoms with Crippen molar-refractivity contribution in [1.29, 1.82) is 0 Å². The lowest BCUT2D eigenvalue weighted by Gasteiger charge is -2.27. The summed E-state index contributed by atoms with van der Waals surface area (Å²) in [6.45, 7) is 11.1. The van der Waals surface area contributed by atoms with Crippen molar-refractivity contribution in [2.45, 2.75) is 47.1 Å². The van der Waals surface area contributed by atoms with Gasteiger partial charge in [-0.05, 0) is 18.8 Å². The lowest BCUT2D eigenvalue weighted by molar-refractivity contribution is 0.393. The minimum atomic E-state index is 0.117. The molecule has 0 aromatic heterocycles. The first-order chi connectivity index (χ1) is 5.81. The van der Waals surface area contributed by atoms with E-state index >= 15 is 0 Å². The zero-order chi connectivity index (χ0) is 10.1. The quantitative estimate of drug-likeness (QED) is 0.505. The fourth-order valence-corrected chi connectivity index (χ4v) is 1.68. The van der Waals surface area contributed by atoms with Gasteiger partial charge in [-0.25, -0.2) is 0 Å². The highest BCUT2D eigenvalue weighted by molar-refractivity contribution is 5.67. The number of aliphatic imine (C=N–C) groups is 1. The van der Waals surface area contributed by atoms with E-state index in [9.17, 15) is 0 Å². The molecule has 0 aromatic rings. The van der Waals surface area contributed by atoms with Crippen LogP contribution in [0.1, 0.15) is 41.0 Å². The highest BCUT2D eigenvalue weighted by Gasteiger charge is 2.22. The smallest absolute Gasteiger partial charge is 0.0476 e. The summed E-state index contributed by atoms with van der Waals surface area (Å²) in [6.07, 6.45) is 7.80. The summed E-state index contributed by atoms with van der Waals surface area (Å²) in [7, 11) is 0. The fourth-order valence-electron chi connectivity index (χ4n) is 1.68. The number of allylic oxidation sites excluding steroid dienone is 2. The van der Waals surface area contributed by atoms with Crippen LogP contribution in [0.25, 0.3) is 0 Å². The summed E-state index contributed by atoms with van der Waals surface area (Å²) < 4.78 is 0. The summed E-state index contributed by atoms with van der Waals surface area (Å²) >= 11 is 0. The molecule has 1 atom stereocenters. The average molecular weight is 179 g/mol. The minimum Gasteiger partial charge on any atom is -0.294 e. The van der Waals surface area contributed by atoms with Gasteiger partial charge in [0.25, 0.3) is 0 Å². The molecular weight excluding hydrogens is 158 g/mol. The third-order valence-electron chi connectivity index (χ3n) is 2.45. The molecule has 1 heterocycles. The molecule has 1 nitrogen and oxygen atoms in total. The Kier molecular flexibility index (Phi) is 2.65. The Bertz CT molecular complexity index is 234. The van der Waals surface area contributed by atoms with Crippen LogP contribution in [0, 0.1) is 10.8 Å². The van der Waals surface area contributed by atoms with Gasteiger partial charge in [-0.15, -0.1) is 0 Å². The standard InChI is InChI=1S/C12H21N/c1-10-8-11(2,3)6-7-12(4,5)9-13-10/h6-7,9-10H,8H2,1-5H3/b7-6-,13-9-. The fraction of sp³-hybridized carbons (Fsp3) is 0.750. The molecule has 0 N–H and O–H groups in total. The van der Waals surface area contributed by atoms with Crippen LogP contribution < -0.4 is 0 Å². The van der Waals surface area contributed by atoms with E-state index in [0.717, 1.165) is 6.42 Å². The summed E-state index contributed by atoms with van der Waals surface area (Å²) in [5, 5.41) is 0. The Labute approximate surface area is 82.0 Å². The Morgan fingerprint density at radius 2 is 1.77 bits per heavy atom. The van der Waals surface area contributed by atoms with Crippen molar-refractivity contribution in [2.24, 2.45) is 15.8 Å². The van der Waals surface area contributed by atoms with E-state index in [0.29, 0.717) is 6.04 Å². The highest BCUT2D eigenvalue weighted by Crippen LogP contribution is 2.30. The molecule has 74 valence electrons. The third kappa shape index (κ3) is 3.33. The number of hydrogen-bond acceptors (Lipinski definition) is 1. The Morgan fingerprint density at radius 1 is 1.15 bits per heavy atom. The van der Waals surface area contributed by atoms with Gasteiger partial charge in [0.15, 0.2) is 0 Å². The van der Waals surface area contributed by atoms with Gasteiger partial charge in [0.2, 0.25) is 0 Å². The lowest BCUT2D eigenvalue weighted by atomic mass is 9.81. The molecule has 1 aliphatic heterocycles. The molecule has 0 saturated carbocycles. The maximum Gasteiger partial charge on any atom is 0.0476 e. The molecule has 0 amide bonds. The first-order valence-electron chi connectivity index (χ1n) is 5.05. The summed E-state index contributed by atoms with van der Waals surface area (Å²) in [4.78, 5) is 4.56. The van der Waals surface area contributed by atoms with E-state index in [-0.39, 0.29) is 10.8 Å². The molecule has 0 aromatic carbocycles. The second kappa shape index (κ2) is 3.28. The molecule has 0 aliphatic carbocycles. The molecule has 1 aliphatic rings. The number of rotatable bonds is 0. The van der Waals surface area contributed by atoms with Crippen molar-refractivity contribution in [2.75, 3.05) is 0 Å². The van der Waals surface area contributed by atoms with Crippen LogP contribution in [0.2, 0.25) is 0 Å². The van der Waals surface area contributed by atoms with Crippen molar-refractivity contribution in [3.8, 4) is 0 Å². The molecule has 13 heavy (non-hydrogen) atoms. The van der Waals surface area contributed by atoms with Crippen LogP contribution in [-0.2, 0) is 0 Å². The predicted octanol–water partition coefficient (Wildman–Crippen LogP) is 3.46. The Hall–Kier alpha value is -0.590. The van der Waals surface area contributed by atoms with Gasteiger partial charge in [-0.1, -0.05) is 39.8 Å². The van der Waals surface area contributed by atoms with Gasteiger partial charge < -0.3 is 0 Å². The van der Waals surface area contributed by atoms with E-state index in [1.807, 2.05) is 0 Å². The van der Waals surface area contributed by atoms with E-state index < -0.39 is 0 Å². The lowest BCUT2D eigenvalue weighted by Crippen LogP contribution is -2.21. The van der Waals surface area contributed by atoms with E-state index in [1.165, 1.54) is 0 Å². The van der Waals surface area contributed by atoms with Gasteiger partial charge >= 0.3 is 0 Å². The molecule has 0 radical (unpaired) electrons. The zero-order valence-corrected chi connectivity index (χ0v) is 9.46. The maximum atomic E-state index is 4.56. The summed E-state index contributed by atoms with van der Waals surface area (Å²) in [6, 6.07) is 0.444. The minimum absolute atomic E-state index is 0.117. The summed E-state index contributed by atoms with van der Waals surface area (Å²) in [5.74, 6) is 0. The summed E-state index contributed by atoms with van der Waals surface area (Å²) in [5.41, 5.74) is 0.403. The van der Waals surface area contributed by atoms with Crippen LogP contribution in [-0.4, -0.2) is 12.3 Å². The first kappa shape index (κ1) is 10.5. The normalized spacial score (nSPS) is 35.9. The van der Waals surface area contributed by atoms with Gasteiger partial charge in [0, 0.05) is 17.7 Å². The van der Waals surface area contributed by atoms with Gasteiger partial charge in [-0.3, -0.25) is 4.99 Å². The van der Waals surface area contributed by atoms with Crippen molar-refractivity contribution >= 4 is 6.21 Å². The zero-order valence-electron chi connectivity index (χ0n) is 9.46. The molecule has 0 fully saturated rings. The number of nitrogens with zero attached hydrogens (tertiary/aromatic N) is 1. The van der Waals surface area contributed by atoms with Crippen molar-refractivity contribution in [3.63, 3.8) is 0 Å². The molecule has 1 heteroatoms. The number of hydrogen-bond donors (Lipinski definition) is 0. The van der Waals surface area contributed by atoms with Crippen LogP contribution >= 0.6 is 0 Å². The van der Waals surface area contributed by atoms with Crippen LogP contribution in [0.4, 0.5) is 0 Å². The first-order valence-corrected chi connectivity index (χ1v) is 5.05. The van der Waals surface area contributed by atoms with E-state index in [1.54, 1.807) is 0 Å². The molecule has 1 rings (SSSR count). The highest BCUT2D eigenvalue weighted by atomic mass is 14.8. The molecular formula is C12H21N. The molecule has 0 saturated heterocycles. The second-order valence-corrected chi connectivity index (χ2v) is 5.47. The van der Waals surface area contributed by atoms with Gasteiger partial charge in [0.05, 0.1) is 0 Å². The second-order valence-electron chi connectivity index (χ2n) is 5.47. The van der Waals surface area contributed by atoms with Crippen LogP contribution in [0.3, 0.4) is 0 Å². The van der Waals surface area contributed by atoms with E-state index in [4.69, 9.17) is 0 Å². The van der Waals surface area contributed by atoms with E-state index in [2.05, 4.69) is 58.0 Å². The molecule has 1 unspecified atom stereocenters. The van der Waals surface area contributed by atoms with Crippen molar-refractivity contribution in [3.05, 3.63) is 12.2 Å². The van der Waals surface area contributed by atoms with Crippen LogP contribution in [0.5, 0.6) is 0 Å². The van der Waals surface area contributed by atoms with Crippen molar-refractivity contribution in [1.82, 2.24) is 0 Å². The maximum absolute atomic E-state index is 4.56. The SMILES string of the molecule is CC1CC(C)(C)/C=C\C(C)(C)/C=N\1. The largest absolute Gasteiger partial charge is 0.294 e.